The van der Waals surface area contributed by atoms with E-state index < -0.39 is 6.17 Å². The summed E-state index contributed by atoms with van der Waals surface area (Å²) in [4.78, 5) is 15.0. The van der Waals surface area contributed by atoms with Crippen molar-refractivity contribution < 1.29 is 9.18 Å². The van der Waals surface area contributed by atoms with Gasteiger partial charge in [-0.05, 0) is 42.0 Å². The van der Waals surface area contributed by atoms with Gasteiger partial charge < -0.3 is 5.32 Å². The molecular weight excluding hydrogens is 379 g/mol. The van der Waals surface area contributed by atoms with Crippen molar-refractivity contribution in [1.82, 2.24) is 9.78 Å². The number of halogens is 1. The Hall–Kier alpha value is -3.93. The normalized spacial score (nSPS) is 15.6. The summed E-state index contributed by atoms with van der Waals surface area (Å²) in [7, 11) is 0. The lowest BCUT2D eigenvalue weighted by Gasteiger charge is -2.37. The minimum Gasteiger partial charge on any atom is -0.360 e. The maximum absolute atomic E-state index is 13.5. The number of carbonyl (C=O) groups is 1. The van der Waals surface area contributed by atoms with Crippen molar-refractivity contribution in [2.75, 3.05) is 10.2 Å². The number of hydrogen-bond acceptors (Lipinski definition) is 3. The predicted molar refractivity (Wildman–Crippen MR) is 114 cm³/mol. The summed E-state index contributed by atoms with van der Waals surface area (Å²) >= 11 is 0. The molecule has 148 valence electrons. The second-order valence-electron chi connectivity index (χ2n) is 7.20. The number of amides is 1. The summed E-state index contributed by atoms with van der Waals surface area (Å²) in [5, 5.41) is 7.93. The molecule has 0 unspecified atom stereocenters. The SMILES string of the molecule is O=C1c2ccccc2N[C@H](c2cnn(Cc3ccccc3)c2)N1c1ccc(F)cc1. The highest BCUT2D eigenvalue weighted by atomic mass is 19.1. The Labute approximate surface area is 173 Å². The number of benzene rings is 3. The molecule has 0 radical (unpaired) electrons. The summed E-state index contributed by atoms with van der Waals surface area (Å²) in [5.74, 6) is -0.486. The van der Waals surface area contributed by atoms with Crippen LogP contribution in [0.3, 0.4) is 0 Å². The van der Waals surface area contributed by atoms with Crippen LogP contribution in [0.15, 0.2) is 91.3 Å². The molecule has 4 aromatic rings. The van der Waals surface area contributed by atoms with E-state index in [1.165, 1.54) is 12.1 Å². The largest absolute Gasteiger partial charge is 0.360 e. The minimum atomic E-state index is -0.456. The van der Waals surface area contributed by atoms with Crippen molar-refractivity contribution in [2.24, 2.45) is 0 Å². The van der Waals surface area contributed by atoms with Crippen molar-refractivity contribution in [3.8, 4) is 0 Å². The maximum Gasteiger partial charge on any atom is 0.262 e. The molecule has 5 nitrogen and oxygen atoms in total. The smallest absolute Gasteiger partial charge is 0.262 e. The number of rotatable bonds is 4. The zero-order valence-electron chi connectivity index (χ0n) is 16.1. The van der Waals surface area contributed by atoms with Gasteiger partial charge in [0.15, 0.2) is 0 Å². The molecule has 0 spiro atoms. The van der Waals surface area contributed by atoms with Crippen LogP contribution in [0.4, 0.5) is 15.8 Å². The first kappa shape index (κ1) is 18.1. The van der Waals surface area contributed by atoms with Crippen LogP contribution in [0.2, 0.25) is 0 Å². The highest BCUT2D eigenvalue weighted by molar-refractivity contribution is 6.12. The minimum absolute atomic E-state index is 0.142. The highest BCUT2D eigenvalue weighted by Crippen LogP contribution is 2.36. The third-order valence-electron chi connectivity index (χ3n) is 5.19. The zero-order valence-corrected chi connectivity index (χ0v) is 16.1. The van der Waals surface area contributed by atoms with E-state index in [0.717, 1.165) is 16.8 Å². The van der Waals surface area contributed by atoms with Crippen LogP contribution in [0.25, 0.3) is 0 Å². The molecule has 1 aliphatic rings. The third-order valence-corrected chi connectivity index (χ3v) is 5.19. The fourth-order valence-electron chi connectivity index (χ4n) is 3.73. The van der Waals surface area contributed by atoms with Gasteiger partial charge in [0.05, 0.1) is 18.3 Å². The average Bonchev–Trinajstić information content (AvgIpc) is 3.24. The van der Waals surface area contributed by atoms with Crippen molar-refractivity contribution >= 4 is 17.3 Å². The molecule has 1 amide bonds. The number of carbonyl (C=O) groups excluding carboxylic acids is 1. The van der Waals surface area contributed by atoms with Crippen LogP contribution in [-0.2, 0) is 6.54 Å². The summed E-state index contributed by atoms with van der Waals surface area (Å²) in [6, 6.07) is 23.4. The van der Waals surface area contributed by atoms with Crippen LogP contribution in [-0.4, -0.2) is 15.7 Å². The van der Waals surface area contributed by atoms with Gasteiger partial charge in [-0.1, -0.05) is 42.5 Å². The molecule has 3 aromatic carbocycles. The molecule has 1 aliphatic heterocycles. The summed E-state index contributed by atoms with van der Waals surface area (Å²) < 4.78 is 15.3. The summed E-state index contributed by atoms with van der Waals surface area (Å²) in [5.41, 5.74) is 3.94. The Morgan fingerprint density at radius 2 is 1.67 bits per heavy atom. The monoisotopic (exact) mass is 398 g/mol. The zero-order chi connectivity index (χ0) is 20.5. The standard InChI is InChI=1S/C24H19FN4O/c25-19-10-12-20(13-11-19)29-23(27-22-9-5-4-8-21(22)24(29)30)18-14-26-28(16-18)15-17-6-2-1-3-7-17/h1-14,16,23,27H,15H2/t23-/m0/s1. The Morgan fingerprint density at radius 3 is 2.47 bits per heavy atom. The molecule has 0 fully saturated rings. The van der Waals surface area contributed by atoms with Crippen LogP contribution in [0, 0.1) is 5.82 Å². The van der Waals surface area contributed by atoms with Crippen LogP contribution in [0.1, 0.15) is 27.7 Å². The van der Waals surface area contributed by atoms with Crippen molar-refractivity contribution in [3.05, 3.63) is 114 Å². The molecule has 5 rings (SSSR count). The fraction of sp³-hybridized carbons (Fsp3) is 0.0833. The van der Waals surface area contributed by atoms with Crippen LogP contribution in [0.5, 0.6) is 0 Å². The van der Waals surface area contributed by atoms with Gasteiger partial charge in [-0.25, -0.2) is 4.39 Å². The number of aromatic nitrogens is 2. The van der Waals surface area contributed by atoms with Gasteiger partial charge in [0.1, 0.15) is 12.0 Å². The lowest BCUT2D eigenvalue weighted by Crippen LogP contribution is -2.43. The van der Waals surface area contributed by atoms with Gasteiger partial charge in [-0.15, -0.1) is 0 Å². The molecule has 1 aromatic heterocycles. The van der Waals surface area contributed by atoms with E-state index in [1.807, 2.05) is 59.4 Å². The maximum atomic E-state index is 13.5. The van der Waals surface area contributed by atoms with Gasteiger partial charge >= 0.3 is 0 Å². The van der Waals surface area contributed by atoms with E-state index in [4.69, 9.17) is 0 Å². The van der Waals surface area contributed by atoms with E-state index in [1.54, 1.807) is 29.3 Å². The molecule has 0 saturated heterocycles. The van der Waals surface area contributed by atoms with Gasteiger partial charge in [-0.2, -0.15) is 5.10 Å². The van der Waals surface area contributed by atoms with Crippen molar-refractivity contribution in [2.45, 2.75) is 12.7 Å². The number of para-hydroxylation sites is 1. The molecular formula is C24H19FN4O. The van der Waals surface area contributed by atoms with E-state index in [9.17, 15) is 9.18 Å². The summed E-state index contributed by atoms with van der Waals surface area (Å²) in [6.45, 7) is 0.634. The van der Waals surface area contributed by atoms with E-state index >= 15 is 0 Å². The second-order valence-corrected chi connectivity index (χ2v) is 7.20. The lowest BCUT2D eigenvalue weighted by atomic mass is 10.0. The lowest BCUT2D eigenvalue weighted by molar-refractivity contribution is 0.0975. The molecule has 0 bridgehead atoms. The number of fused-ring (bicyclic) bond motifs is 1. The topological polar surface area (TPSA) is 50.2 Å². The van der Waals surface area contributed by atoms with E-state index in [0.29, 0.717) is 17.8 Å². The second kappa shape index (κ2) is 7.48. The molecule has 1 N–H and O–H groups in total. The quantitative estimate of drug-likeness (QED) is 0.535. The average molecular weight is 398 g/mol. The predicted octanol–water partition coefficient (Wildman–Crippen LogP) is 4.84. The Kier molecular flexibility index (Phi) is 4.52. The van der Waals surface area contributed by atoms with Gasteiger partial charge in [0.25, 0.3) is 5.91 Å². The Balaban J connectivity index is 1.53. The highest BCUT2D eigenvalue weighted by Gasteiger charge is 2.34. The Morgan fingerprint density at radius 1 is 0.933 bits per heavy atom. The van der Waals surface area contributed by atoms with Crippen LogP contribution >= 0.6 is 0 Å². The van der Waals surface area contributed by atoms with Gasteiger partial charge in [0.2, 0.25) is 0 Å². The Bertz CT molecular complexity index is 1190. The van der Waals surface area contributed by atoms with Gasteiger partial charge in [-0.3, -0.25) is 14.4 Å². The number of nitrogens with zero attached hydrogens (tertiary/aromatic N) is 3. The first-order chi connectivity index (χ1) is 14.7. The molecule has 2 heterocycles. The molecule has 30 heavy (non-hydrogen) atoms. The number of hydrogen-bond donors (Lipinski definition) is 1. The van der Waals surface area contributed by atoms with Gasteiger partial charge in [0, 0.05) is 23.1 Å². The van der Waals surface area contributed by atoms with Crippen molar-refractivity contribution in [1.29, 1.82) is 0 Å². The first-order valence-electron chi connectivity index (χ1n) is 9.70. The fourth-order valence-corrected chi connectivity index (χ4v) is 3.73. The van der Waals surface area contributed by atoms with Crippen molar-refractivity contribution in [3.63, 3.8) is 0 Å². The molecule has 0 saturated carbocycles. The van der Waals surface area contributed by atoms with E-state index in [-0.39, 0.29) is 11.7 Å². The first-order valence-corrected chi connectivity index (χ1v) is 9.70. The summed E-state index contributed by atoms with van der Waals surface area (Å²) in [6.07, 6.45) is 3.24. The molecule has 6 heteroatoms. The van der Waals surface area contributed by atoms with E-state index in [2.05, 4.69) is 10.4 Å². The molecule has 1 atom stereocenters. The van der Waals surface area contributed by atoms with Crippen LogP contribution < -0.4 is 10.2 Å². The third kappa shape index (κ3) is 3.33. The number of anilines is 2. The molecule has 0 aliphatic carbocycles. The number of nitrogens with one attached hydrogen (secondary N) is 1.